The van der Waals surface area contributed by atoms with Crippen LogP contribution in [0.5, 0.6) is 0 Å². The van der Waals surface area contributed by atoms with E-state index in [1.165, 1.54) is 28.3 Å². The predicted octanol–water partition coefficient (Wildman–Crippen LogP) is 2.14. The molecular formula is C12H14N4S. The van der Waals surface area contributed by atoms with Gasteiger partial charge in [0.2, 0.25) is 0 Å². The zero-order chi connectivity index (χ0) is 11.7. The third-order valence-electron chi connectivity index (χ3n) is 3.10. The van der Waals surface area contributed by atoms with E-state index >= 15 is 0 Å². The molecule has 88 valence electrons. The van der Waals surface area contributed by atoms with E-state index in [4.69, 9.17) is 0 Å². The van der Waals surface area contributed by atoms with Crippen LogP contribution >= 0.6 is 11.5 Å². The summed E-state index contributed by atoms with van der Waals surface area (Å²) in [5, 5.41) is 8.14. The van der Waals surface area contributed by atoms with Crippen LogP contribution in [0.25, 0.3) is 0 Å². The van der Waals surface area contributed by atoms with Gasteiger partial charge in [-0.1, -0.05) is 16.6 Å². The minimum atomic E-state index is 0.834. The van der Waals surface area contributed by atoms with E-state index in [0.717, 1.165) is 24.5 Å². The third kappa shape index (κ3) is 2.10. The summed E-state index contributed by atoms with van der Waals surface area (Å²) >= 11 is 1.39. The lowest BCUT2D eigenvalue weighted by Gasteiger charge is -2.12. The van der Waals surface area contributed by atoms with Gasteiger partial charge >= 0.3 is 0 Å². The number of hydrogen-bond donors (Lipinski definition) is 1. The largest absolute Gasteiger partial charge is 0.374 e. The maximum Gasteiger partial charge on any atom is 0.130 e. The van der Waals surface area contributed by atoms with Gasteiger partial charge in [-0.05, 0) is 23.6 Å². The summed E-state index contributed by atoms with van der Waals surface area (Å²) in [5.74, 6) is 0. The number of nitrogens with zero attached hydrogens (tertiary/aromatic N) is 3. The van der Waals surface area contributed by atoms with Crippen molar-refractivity contribution in [2.24, 2.45) is 0 Å². The molecule has 4 nitrogen and oxygen atoms in total. The molecule has 1 aromatic heterocycles. The Morgan fingerprint density at radius 2 is 2.41 bits per heavy atom. The molecule has 0 spiro atoms. The van der Waals surface area contributed by atoms with Crippen molar-refractivity contribution in [3.63, 3.8) is 0 Å². The van der Waals surface area contributed by atoms with Gasteiger partial charge in [0.25, 0.3) is 0 Å². The Labute approximate surface area is 104 Å². The van der Waals surface area contributed by atoms with Crippen molar-refractivity contribution in [1.29, 1.82) is 0 Å². The van der Waals surface area contributed by atoms with Gasteiger partial charge in [-0.25, -0.2) is 0 Å². The van der Waals surface area contributed by atoms with Crippen molar-refractivity contribution in [3.8, 4) is 0 Å². The van der Waals surface area contributed by atoms with E-state index in [9.17, 15) is 0 Å². The number of likely N-dealkylation sites (N-methyl/N-ethyl adjacent to an activating group) is 1. The number of fused-ring (bicyclic) bond motifs is 1. The van der Waals surface area contributed by atoms with Crippen LogP contribution in [0.1, 0.15) is 11.1 Å². The molecule has 0 fully saturated rings. The van der Waals surface area contributed by atoms with Gasteiger partial charge in [-0.15, -0.1) is 5.10 Å². The van der Waals surface area contributed by atoms with E-state index in [0.29, 0.717) is 0 Å². The Morgan fingerprint density at radius 1 is 1.47 bits per heavy atom. The quantitative estimate of drug-likeness (QED) is 0.901. The summed E-state index contributed by atoms with van der Waals surface area (Å²) in [6.07, 6.45) is 2.91. The van der Waals surface area contributed by atoms with Crippen LogP contribution in [-0.4, -0.2) is 23.2 Å². The van der Waals surface area contributed by atoms with E-state index in [1.54, 1.807) is 6.20 Å². The fraction of sp³-hybridized carbons (Fsp3) is 0.333. The van der Waals surface area contributed by atoms with E-state index < -0.39 is 0 Å². The topological polar surface area (TPSA) is 41.0 Å². The number of aromatic nitrogens is 2. The van der Waals surface area contributed by atoms with Crippen LogP contribution in [0.3, 0.4) is 0 Å². The molecule has 0 saturated heterocycles. The van der Waals surface area contributed by atoms with Crippen LogP contribution in [0.2, 0.25) is 0 Å². The van der Waals surface area contributed by atoms with Crippen molar-refractivity contribution in [3.05, 3.63) is 35.5 Å². The molecule has 0 saturated carbocycles. The Balaban J connectivity index is 1.72. The molecule has 1 aliphatic rings. The molecule has 3 rings (SSSR count). The standard InChI is InChI=1S/C12H14N4S/c1-16-5-4-10-6-9(2-3-11(10)16)7-13-12-8-14-15-17-12/h2-3,6,8,13H,4-5,7H2,1H3. The molecule has 1 aromatic carbocycles. The van der Waals surface area contributed by atoms with Crippen LogP contribution in [0.4, 0.5) is 10.7 Å². The van der Waals surface area contributed by atoms with Crippen molar-refractivity contribution in [2.75, 3.05) is 23.8 Å². The second-order valence-corrected chi connectivity index (χ2v) is 5.06. The highest BCUT2D eigenvalue weighted by atomic mass is 32.1. The SMILES string of the molecule is CN1CCc2cc(CNc3cnns3)ccc21. The highest BCUT2D eigenvalue weighted by Gasteiger charge is 2.15. The Hall–Kier alpha value is -1.62. The van der Waals surface area contributed by atoms with Crippen molar-refractivity contribution in [1.82, 2.24) is 9.59 Å². The molecule has 0 bridgehead atoms. The first-order chi connectivity index (χ1) is 8.33. The van der Waals surface area contributed by atoms with Crippen LogP contribution in [-0.2, 0) is 13.0 Å². The first-order valence-electron chi connectivity index (χ1n) is 5.67. The summed E-state index contributed by atoms with van der Waals surface area (Å²) in [7, 11) is 2.15. The lowest BCUT2D eigenvalue weighted by molar-refractivity contribution is 0.955. The molecule has 1 aliphatic heterocycles. The van der Waals surface area contributed by atoms with Gasteiger partial charge in [0.05, 0.1) is 6.20 Å². The molecule has 1 N–H and O–H groups in total. The van der Waals surface area contributed by atoms with E-state index in [-0.39, 0.29) is 0 Å². The number of anilines is 2. The van der Waals surface area contributed by atoms with Gasteiger partial charge in [0.15, 0.2) is 0 Å². The highest BCUT2D eigenvalue weighted by molar-refractivity contribution is 7.09. The number of nitrogens with one attached hydrogen (secondary N) is 1. The minimum absolute atomic E-state index is 0.834. The van der Waals surface area contributed by atoms with E-state index in [2.05, 4.69) is 45.1 Å². The molecule has 0 aliphatic carbocycles. The fourth-order valence-electron chi connectivity index (χ4n) is 2.16. The molecule has 2 aromatic rings. The molecule has 0 radical (unpaired) electrons. The van der Waals surface area contributed by atoms with Crippen LogP contribution in [0, 0.1) is 0 Å². The average molecular weight is 246 g/mol. The second-order valence-electron chi connectivity index (χ2n) is 4.27. The summed E-state index contributed by atoms with van der Waals surface area (Å²) in [6, 6.07) is 6.69. The summed E-state index contributed by atoms with van der Waals surface area (Å²) in [6.45, 7) is 1.96. The maximum atomic E-state index is 3.82. The maximum absolute atomic E-state index is 3.82. The molecule has 0 atom stereocenters. The first-order valence-corrected chi connectivity index (χ1v) is 6.44. The third-order valence-corrected chi connectivity index (χ3v) is 3.72. The lowest BCUT2D eigenvalue weighted by Crippen LogP contribution is -2.12. The Morgan fingerprint density at radius 3 is 3.24 bits per heavy atom. The smallest absolute Gasteiger partial charge is 0.130 e. The minimum Gasteiger partial charge on any atom is -0.374 e. The molecule has 17 heavy (non-hydrogen) atoms. The van der Waals surface area contributed by atoms with Crippen LogP contribution < -0.4 is 10.2 Å². The monoisotopic (exact) mass is 246 g/mol. The van der Waals surface area contributed by atoms with Crippen molar-refractivity contribution in [2.45, 2.75) is 13.0 Å². The fourth-order valence-corrected chi connectivity index (χ4v) is 2.58. The van der Waals surface area contributed by atoms with Gasteiger partial charge in [0.1, 0.15) is 5.00 Å². The molecule has 2 heterocycles. The highest BCUT2D eigenvalue weighted by Crippen LogP contribution is 2.27. The Bertz CT molecular complexity index is 509. The zero-order valence-electron chi connectivity index (χ0n) is 9.68. The number of rotatable bonds is 3. The number of hydrogen-bond acceptors (Lipinski definition) is 5. The predicted molar refractivity (Wildman–Crippen MR) is 70.7 cm³/mol. The normalized spacial score (nSPS) is 13.8. The lowest BCUT2D eigenvalue weighted by atomic mass is 10.1. The van der Waals surface area contributed by atoms with Gasteiger partial charge in [-0.2, -0.15) is 0 Å². The first kappa shape index (κ1) is 10.5. The van der Waals surface area contributed by atoms with Crippen molar-refractivity contribution >= 4 is 22.2 Å². The van der Waals surface area contributed by atoms with Crippen molar-refractivity contribution < 1.29 is 0 Å². The summed E-state index contributed by atoms with van der Waals surface area (Å²) in [4.78, 5) is 2.31. The van der Waals surface area contributed by atoms with Gasteiger partial charge < -0.3 is 10.2 Å². The molecule has 0 unspecified atom stereocenters. The van der Waals surface area contributed by atoms with Gasteiger partial charge in [-0.3, -0.25) is 0 Å². The van der Waals surface area contributed by atoms with E-state index in [1.807, 2.05) is 0 Å². The summed E-state index contributed by atoms with van der Waals surface area (Å²) < 4.78 is 3.82. The molecule has 5 heteroatoms. The number of benzene rings is 1. The second kappa shape index (κ2) is 4.33. The Kier molecular flexibility index (Phi) is 2.68. The van der Waals surface area contributed by atoms with Gasteiger partial charge in [0, 0.05) is 37.4 Å². The average Bonchev–Trinajstić information content (AvgIpc) is 2.97. The molecular weight excluding hydrogens is 232 g/mol. The zero-order valence-corrected chi connectivity index (χ0v) is 10.5. The van der Waals surface area contributed by atoms with Crippen LogP contribution in [0.15, 0.2) is 24.4 Å². The summed E-state index contributed by atoms with van der Waals surface area (Å²) in [5.41, 5.74) is 4.13. The molecule has 0 amide bonds.